The Morgan fingerprint density at radius 2 is 0.737 bits per heavy atom. The Hall–Kier alpha value is -7.48. The van der Waals surface area contributed by atoms with E-state index in [0.717, 1.165) is 22.6 Å². The van der Waals surface area contributed by atoms with Gasteiger partial charge in [0.2, 0.25) is 0 Å². The van der Waals surface area contributed by atoms with Gasteiger partial charge in [-0.05, 0) is 102 Å². The van der Waals surface area contributed by atoms with E-state index in [1.54, 1.807) is 0 Å². The molecule has 0 unspecified atom stereocenters. The summed E-state index contributed by atoms with van der Waals surface area (Å²) in [6.07, 6.45) is 0. The Kier molecular flexibility index (Phi) is 8.95. The van der Waals surface area contributed by atoms with Crippen LogP contribution in [-0.2, 0) is 0 Å². The summed E-state index contributed by atoms with van der Waals surface area (Å²) in [5, 5.41) is 4.92. The van der Waals surface area contributed by atoms with Crippen LogP contribution in [0.2, 0.25) is 0 Å². The number of anilines is 3. The summed E-state index contributed by atoms with van der Waals surface area (Å²) in [7, 11) is 0. The zero-order valence-corrected chi connectivity index (χ0v) is 31.5. The molecule has 0 spiro atoms. The lowest BCUT2D eigenvalue weighted by atomic mass is 9.84. The second-order valence-electron chi connectivity index (χ2n) is 14.5. The molecule has 57 heavy (non-hydrogen) atoms. The van der Waals surface area contributed by atoms with Crippen LogP contribution in [0.15, 0.2) is 237 Å². The Morgan fingerprint density at radius 1 is 0.246 bits per heavy atom. The van der Waals surface area contributed by atoms with Gasteiger partial charge in [-0.1, -0.05) is 206 Å². The highest BCUT2D eigenvalue weighted by Gasteiger charge is 2.23. The van der Waals surface area contributed by atoms with Crippen molar-refractivity contribution in [3.63, 3.8) is 0 Å². The van der Waals surface area contributed by atoms with Crippen LogP contribution in [0.1, 0.15) is 0 Å². The maximum absolute atomic E-state index is 2.43. The van der Waals surface area contributed by atoms with E-state index in [1.807, 2.05) is 0 Å². The van der Waals surface area contributed by atoms with Gasteiger partial charge in [0.05, 0.1) is 5.69 Å². The van der Waals surface area contributed by atoms with Gasteiger partial charge >= 0.3 is 0 Å². The largest absolute Gasteiger partial charge is 0.310 e. The van der Waals surface area contributed by atoms with Crippen molar-refractivity contribution in [1.82, 2.24) is 0 Å². The fraction of sp³-hybridized carbons (Fsp3) is 0. The summed E-state index contributed by atoms with van der Waals surface area (Å²) in [6.45, 7) is 0. The van der Waals surface area contributed by atoms with Crippen molar-refractivity contribution in [2.75, 3.05) is 4.90 Å². The molecule has 0 amide bonds. The molecule has 0 saturated heterocycles. The van der Waals surface area contributed by atoms with Crippen molar-refractivity contribution in [2.45, 2.75) is 0 Å². The summed E-state index contributed by atoms with van der Waals surface area (Å²) in [6, 6.07) is 85.7. The van der Waals surface area contributed by atoms with Crippen molar-refractivity contribution >= 4 is 38.6 Å². The fourth-order valence-corrected chi connectivity index (χ4v) is 8.40. The van der Waals surface area contributed by atoms with E-state index in [0.29, 0.717) is 0 Å². The third-order valence-electron chi connectivity index (χ3n) is 11.1. The first kappa shape index (κ1) is 34.0. The Bertz CT molecular complexity index is 2990. The zero-order chi connectivity index (χ0) is 38.0. The van der Waals surface area contributed by atoms with Gasteiger partial charge in [-0.2, -0.15) is 0 Å². The molecule has 10 aromatic rings. The molecule has 0 N–H and O–H groups in total. The van der Waals surface area contributed by atoms with Crippen LogP contribution in [0.25, 0.3) is 77.2 Å². The summed E-state index contributed by atoms with van der Waals surface area (Å²) < 4.78 is 0. The first-order valence-corrected chi connectivity index (χ1v) is 19.6. The molecule has 1 heteroatoms. The minimum atomic E-state index is 1.09. The van der Waals surface area contributed by atoms with Crippen LogP contribution in [0.4, 0.5) is 17.1 Å². The highest BCUT2D eigenvalue weighted by Crippen LogP contribution is 2.48. The average molecular weight is 726 g/mol. The van der Waals surface area contributed by atoms with Crippen LogP contribution in [0.3, 0.4) is 0 Å². The molecule has 0 heterocycles. The van der Waals surface area contributed by atoms with Crippen molar-refractivity contribution in [3.05, 3.63) is 237 Å². The third kappa shape index (κ3) is 6.46. The maximum Gasteiger partial charge on any atom is 0.0540 e. The molecule has 0 aromatic heterocycles. The van der Waals surface area contributed by atoms with E-state index in [1.165, 1.54) is 71.6 Å². The Labute approximate surface area is 334 Å². The molecule has 0 fully saturated rings. The van der Waals surface area contributed by atoms with Gasteiger partial charge in [-0.25, -0.2) is 0 Å². The van der Waals surface area contributed by atoms with E-state index in [9.17, 15) is 0 Å². The molecule has 10 aromatic carbocycles. The van der Waals surface area contributed by atoms with Gasteiger partial charge in [-0.3, -0.25) is 0 Å². The van der Waals surface area contributed by atoms with Gasteiger partial charge in [0, 0.05) is 16.9 Å². The van der Waals surface area contributed by atoms with Crippen LogP contribution in [0, 0.1) is 0 Å². The molecular formula is C56H39N. The molecular weight excluding hydrogens is 687 g/mol. The number of hydrogen-bond donors (Lipinski definition) is 0. The number of benzene rings is 10. The first-order chi connectivity index (χ1) is 28.3. The topological polar surface area (TPSA) is 3.24 Å². The summed E-state index contributed by atoms with van der Waals surface area (Å²) in [5.74, 6) is 0. The monoisotopic (exact) mass is 725 g/mol. The molecule has 0 atom stereocenters. The smallest absolute Gasteiger partial charge is 0.0540 e. The third-order valence-corrected chi connectivity index (χ3v) is 11.1. The minimum absolute atomic E-state index is 1.09. The van der Waals surface area contributed by atoms with Gasteiger partial charge in [0.25, 0.3) is 0 Å². The van der Waals surface area contributed by atoms with Crippen molar-refractivity contribution in [2.24, 2.45) is 0 Å². The maximum atomic E-state index is 2.43. The Balaban J connectivity index is 1.21. The zero-order valence-electron chi connectivity index (χ0n) is 31.5. The van der Waals surface area contributed by atoms with Gasteiger partial charge in [-0.15, -0.1) is 0 Å². The molecule has 0 aliphatic carbocycles. The molecule has 0 aliphatic heterocycles. The van der Waals surface area contributed by atoms with Crippen molar-refractivity contribution in [1.29, 1.82) is 0 Å². The van der Waals surface area contributed by atoms with Gasteiger partial charge in [0.15, 0.2) is 0 Å². The second kappa shape index (κ2) is 15.0. The number of rotatable bonds is 8. The molecule has 1 nitrogen and oxygen atoms in total. The SMILES string of the molecule is c1ccc(-c2ccccc2-c2c(-c3ccccc3)cccc2-c2ccccc2N(c2ccc(-c3cccc4ccccc34)cc2)c2ccc3ccccc3c2)cc1. The van der Waals surface area contributed by atoms with Crippen molar-refractivity contribution in [3.8, 4) is 55.6 Å². The highest BCUT2D eigenvalue weighted by atomic mass is 15.1. The van der Waals surface area contributed by atoms with E-state index >= 15 is 0 Å². The number of nitrogens with zero attached hydrogens (tertiary/aromatic N) is 1. The van der Waals surface area contributed by atoms with Crippen LogP contribution >= 0.6 is 0 Å². The van der Waals surface area contributed by atoms with E-state index < -0.39 is 0 Å². The van der Waals surface area contributed by atoms with E-state index in [2.05, 4.69) is 241 Å². The van der Waals surface area contributed by atoms with E-state index in [4.69, 9.17) is 0 Å². The summed E-state index contributed by atoms with van der Waals surface area (Å²) in [4.78, 5) is 2.43. The quantitative estimate of drug-likeness (QED) is 0.151. The lowest BCUT2D eigenvalue weighted by molar-refractivity contribution is 1.29. The number of hydrogen-bond acceptors (Lipinski definition) is 1. The standard InChI is InChI=1S/C56H39N/c1-3-18-41(19-4-1)50-26-11-12-28-53(50)56-51(43-20-5-2-6-21-43)30-16-31-54(56)52-27-13-14-32-55(52)57(47-38-33-40-17-7-8-23-45(40)39-47)46-36-34-44(35-37-46)49-29-15-24-42-22-9-10-25-48(42)49/h1-39H. The van der Waals surface area contributed by atoms with E-state index in [-0.39, 0.29) is 0 Å². The molecule has 10 rings (SSSR count). The minimum Gasteiger partial charge on any atom is -0.310 e. The van der Waals surface area contributed by atoms with Crippen LogP contribution < -0.4 is 4.90 Å². The second-order valence-corrected chi connectivity index (χ2v) is 14.5. The highest BCUT2D eigenvalue weighted by molar-refractivity contribution is 6.03. The fourth-order valence-electron chi connectivity index (χ4n) is 8.40. The van der Waals surface area contributed by atoms with Gasteiger partial charge in [0.1, 0.15) is 0 Å². The normalized spacial score (nSPS) is 11.2. The van der Waals surface area contributed by atoms with Crippen LogP contribution in [-0.4, -0.2) is 0 Å². The molecule has 0 bridgehead atoms. The summed E-state index contributed by atoms with van der Waals surface area (Å²) in [5.41, 5.74) is 15.2. The predicted octanol–water partition coefficient (Wildman–Crippen LogP) is 15.8. The van der Waals surface area contributed by atoms with Crippen molar-refractivity contribution < 1.29 is 0 Å². The van der Waals surface area contributed by atoms with Gasteiger partial charge < -0.3 is 4.90 Å². The van der Waals surface area contributed by atoms with Crippen LogP contribution in [0.5, 0.6) is 0 Å². The first-order valence-electron chi connectivity index (χ1n) is 19.6. The number of para-hydroxylation sites is 1. The molecule has 0 aliphatic rings. The Morgan fingerprint density at radius 3 is 1.51 bits per heavy atom. The molecule has 268 valence electrons. The molecule has 0 saturated carbocycles. The predicted molar refractivity (Wildman–Crippen MR) is 243 cm³/mol. The average Bonchev–Trinajstić information content (AvgIpc) is 3.30. The lowest BCUT2D eigenvalue weighted by Gasteiger charge is -2.29. The molecule has 0 radical (unpaired) electrons. The lowest BCUT2D eigenvalue weighted by Crippen LogP contribution is -2.11. The summed E-state index contributed by atoms with van der Waals surface area (Å²) >= 11 is 0. The number of fused-ring (bicyclic) bond motifs is 2.